The first-order valence-corrected chi connectivity index (χ1v) is 20.1. The maximum Gasteiger partial charge on any atom is 0.225 e. The second-order valence-corrected chi connectivity index (χ2v) is 17.7. The van der Waals surface area contributed by atoms with E-state index < -0.39 is 6.10 Å². The molecule has 0 aromatic carbocycles. The van der Waals surface area contributed by atoms with Gasteiger partial charge in [-0.25, -0.2) is 0 Å². The topological polar surface area (TPSA) is 52.6 Å². The Hall–Kier alpha value is -0.610. The fourth-order valence-corrected chi connectivity index (χ4v) is 11.7. The Kier molecular flexibility index (Phi) is 11.7. The van der Waals surface area contributed by atoms with Crippen LogP contribution in [0.1, 0.15) is 168 Å². The number of carbonyl (C=O) groups is 1. The molecule has 5 atom stereocenters. The molecular weight excluding hydrogens is 540 g/mol. The number of carbonyl (C=O) groups excluding carboxylic acids is 1. The van der Waals surface area contributed by atoms with Crippen LogP contribution in [-0.2, 0) is 4.79 Å². The summed E-state index contributed by atoms with van der Waals surface area (Å²) in [5.41, 5.74) is 0. The summed E-state index contributed by atoms with van der Waals surface area (Å²) >= 11 is 0. The van der Waals surface area contributed by atoms with E-state index >= 15 is 0 Å². The Morgan fingerprint density at radius 1 is 0.636 bits per heavy atom. The van der Waals surface area contributed by atoms with Crippen LogP contribution in [0.5, 0.6) is 0 Å². The molecule has 5 unspecified atom stereocenters. The first-order valence-electron chi connectivity index (χ1n) is 20.1. The first-order chi connectivity index (χ1) is 21.4. The summed E-state index contributed by atoms with van der Waals surface area (Å²) in [4.78, 5) is 16.5. The highest BCUT2D eigenvalue weighted by Crippen LogP contribution is 2.46. The van der Waals surface area contributed by atoms with Gasteiger partial charge in [-0.2, -0.15) is 0 Å². The van der Waals surface area contributed by atoms with Crippen molar-refractivity contribution in [3.05, 3.63) is 0 Å². The summed E-state index contributed by atoms with van der Waals surface area (Å²) < 4.78 is 0. The van der Waals surface area contributed by atoms with Crippen molar-refractivity contribution in [3.63, 3.8) is 0 Å². The molecule has 4 nitrogen and oxygen atoms in total. The van der Waals surface area contributed by atoms with Crippen LogP contribution in [0.4, 0.5) is 0 Å². The summed E-state index contributed by atoms with van der Waals surface area (Å²) in [7, 11) is 0. The van der Waals surface area contributed by atoms with Crippen LogP contribution in [0.25, 0.3) is 0 Å². The van der Waals surface area contributed by atoms with Gasteiger partial charge in [-0.3, -0.25) is 9.69 Å². The van der Waals surface area contributed by atoms with Crippen molar-refractivity contribution in [3.8, 4) is 0 Å². The van der Waals surface area contributed by atoms with Crippen molar-refractivity contribution in [2.24, 2.45) is 47.3 Å². The fraction of sp³-hybridized carbons (Fsp3) is 0.975. The second kappa shape index (κ2) is 15.5. The van der Waals surface area contributed by atoms with Crippen LogP contribution in [-0.4, -0.2) is 46.2 Å². The minimum Gasteiger partial charge on any atom is -0.392 e. The maximum absolute atomic E-state index is 13.3. The number of hydrogen-bond acceptors (Lipinski definition) is 3. The molecule has 0 saturated heterocycles. The van der Waals surface area contributed by atoms with Gasteiger partial charge in [0.05, 0.1) is 12.0 Å². The number of aliphatic hydroxyl groups excluding tert-OH is 1. The monoisotopic (exact) mass is 611 g/mol. The first kappa shape index (κ1) is 33.3. The van der Waals surface area contributed by atoms with Crippen molar-refractivity contribution < 1.29 is 9.90 Å². The van der Waals surface area contributed by atoms with E-state index in [-0.39, 0.29) is 17.7 Å². The molecule has 6 aliphatic carbocycles. The van der Waals surface area contributed by atoms with Gasteiger partial charge in [-0.05, 0) is 157 Å². The number of nitrogens with one attached hydrogen (secondary N) is 1. The van der Waals surface area contributed by atoms with E-state index in [1.807, 2.05) is 0 Å². The van der Waals surface area contributed by atoms with Gasteiger partial charge in [0.1, 0.15) is 0 Å². The highest BCUT2D eigenvalue weighted by atomic mass is 16.3. The summed E-state index contributed by atoms with van der Waals surface area (Å²) in [6, 6.07) is 2.93. The molecule has 0 bridgehead atoms. The zero-order valence-electron chi connectivity index (χ0n) is 29.1. The minimum absolute atomic E-state index is 0.160. The molecular formula is C40H70N2O2. The lowest BCUT2D eigenvalue weighted by atomic mass is 9.61. The highest BCUT2D eigenvalue weighted by Gasteiger charge is 2.45. The largest absolute Gasteiger partial charge is 0.392 e. The van der Waals surface area contributed by atoms with Crippen molar-refractivity contribution >= 4 is 5.91 Å². The molecule has 0 aromatic heterocycles. The van der Waals surface area contributed by atoms with E-state index in [4.69, 9.17) is 0 Å². The molecule has 0 aromatic rings. The molecule has 0 aliphatic heterocycles. The van der Waals surface area contributed by atoms with Gasteiger partial charge in [0.2, 0.25) is 5.91 Å². The minimum atomic E-state index is -0.453. The molecule has 4 heteroatoms. The molecule has 0 spiro atoms. The Labute approximate surface area is 271 Å². The zero-order valence-corrected chi connectivity index (χ0v) is 29.1. The summed E-state index contributed by atoms with van der Waals surface area (Å²) in [6.45, 7) is 7.16. The average molecular weight is 611 g/mol. The quantitative estimate of drug-likeness (QED) is 0.288. The molecule has 6 fully saturated rings. The number of amides is 1. The summed E-state index contributed by atoms with van der Waals surface area (Å²) in [5.74, 6) is 5.22. The van der Waals surface area contributed by atoms with Gasteiger partial charge in [0.25, 0.3) is 0 Å². The van der Waals surface area contributed by atoms with Crippen LogP contribution in [0.15, 0.2) is 0 Å². The van der Waals surface area contributed by atoms with Gasteiger partial charge < -0.3 is 10.4 Å². The normalized spacial score (nSPS) is 45.4. The SMILES string of the molecule is CC1CCC(N(C2CCC(C)CC2)C2CCC(CCC3CCC(NC(=O)C4CC5CCCCC5C(C)C4O)CC3)CC2)CC1. The Morgan fingerprint density at radius 2 is 1.11 bits per heavy atom. The van der Waals surface area contributed by atoms with Gasteiger partial charge in [0, 0.05) is 24.2 Å². The van der Waals surface area contributed by atoms with Crippen molar-refractivity contribution in [2.45, 2.75) is 199 Å². The van der Waals surface area contributed by atoms with Crippen molar-refractivity contribution in [1.29, 1.82) is 0 Å². The molecule has 0 heterocycles. The summed E-state index contributed by atoms with van der Waals surface area (Å²) in [5, 5.41) is 14.5. The molecule has 6 saturated carbocycles. The van der Waals surface area contributed by atoms with Gasteiger partial charge in [-0.1, -0.05) is 52.9 Å². The highest BCUT2D eigenvalue weighted by molar-refractivity contribution is 5.79. The van der Waals surface area contributed by atoms with Crippen LogP contribution in [0.3, 0.4) is 0 Å². The van der Waals surface area contributed by atoms with E-state index in [0.717, 1.165) is 61.1 Å². The number of hydrogen-bond donors (Lipinski definition) is 2. The van der Waals surface area contributed by atoms with Crippen LogP contribution >= 0.6 is 0 Å². The van der Waals surface area contributed by atoms with Gasteiger partial charge >= 0.3 is 0 Å². The molecule has 6 rings (SSSR count). The van der Waals surface area contributed by atoms with E-state index in [0.29, 0.717) is 17.9 Å². The smallest absolute Gasteiger partial charge is 0.225 e. The molecule has 0 radical (unpaired) electrons. The van der Waals surface area contributed by atoms with E-state index in [1.54, 1.807) is 0 Å². The maximum atomic E-state index is 13.3. The van der Waals surface area contributed by atoms with E-state index in [9.17, 15) is 9.90 Å². The van der Waals surface area contributed by atoms with Gasteiger partial charge in [0.15, 0.2) is 0 Å². The lowest BCUT2D eigenvalue weighted by Gasteiger charge is -2.49. The van der Waals surface area contributed by atoms with Crippen LogP contribution in [0, 0.1) is 47.3 Å². The Balaban J connectivity index is 0.912. The number of rotatable bonds is 8. The molecule has 2 N–H and O–H groups in total. The number of aliphatic hydroxyl groups is 1. The van der Waals surface area contributed by atoms with E-state index in [1.165, 1.54) is 128 Å². The zero-order chi connectivity index (χ0) is 30.6. The van der Waals surface area contributed by atoms with Crippen LogP contribution < -0.4 is 5.32 Å². The molecule has 252 valence electrons. The predicted octanol–water partition coefficient (Wildman–Crippen LogP) is 9.28. The average Bonchev–Trinajstić information content (AvgIpc) is 3.05. The van der Waals surface area contributed by atoms with Gasteiger partial charge in [-0.15, -0.1) is 0 Å². The van der Waals surface area contributed by atoms with E-state index in [2.05, 4.69) is 31.0 Å². The third kappa shape index (κ3) is 8.08. The third-order valence-electron chi connectivity index (χ3n) is 14.7. The van der Waals surface area contributed by atoms with Crippen molar-refractivity contribution in [1.82, 2.24) is 10.2 Å². The molecule has 1 amide bonds. The lowest BCUT2D eigenvalue weighted by molar-refractivity contribution is -0.138. The lowest BCUT2D eigenvalue weighted by Crippen LogP contribution is -2.52. The third-order valence-corrected chi connectivity index (χ3v) is 14.7. The molecule has 6 aliphatic rings. The number of nitrogens with zero attached hydrogens (tertiary/aromatic N) is 1. The number of fused-ring (bicyclic) bond motifs is 1. The Morgan fingerprint density at radius 3 is 1.66 bits per heavy atom. The predicted molar refractivity (Wildman–Crippen MR) is 182 cm³/mol. The fourth-order valence-electron chi connectivity index (χ4n) is 11.7. The molecule has 44 heavy (non-hydrogen) atoms. The standard InChI is InChI=1S/C40H70N2O2/c1-27-8-20-34(21-9-27)42(35-22-10-28(2)11-23-35)36-24-16-31(17-25-36)13-12-30-14-18-33(19-15-30)41-40(44)38-26-32-6-4-5-7-37(32)29(3)39(38)43/h27-39,43H,4-26H2,1-3H3,(H,41,44). The van der Waals surface area contributed by atoms with Crippen molar-refractivity contribution in [2.75, 3.05) is 0 Å². The van der Waals surface area contributed by atoms with Crippen LogP contribution in [0.2, 0.25) is 0 Å². The summed E-state index contributed by atoms with van der Waals surface area (Å²) in [6.07, 6.45) is 30.7. The Bertz CT molecular complexity index is 852. The second-order valence-electron chi connectivity index (χ2n) is 17.7.